The smallest absolute Gasteiger partial charge is 0.0902 e. The third-order valence-corrected chi connectivity index (χ3v) is 2.27. The minimum Gasteiger partial charge on any atom is -0.251 e. The van der Waals surface area contributed by atoms with Crippen LogP contribution in [0.1, 0.15) is 19.3 Å². The van der Waals surface area contributed by atoms with E-state index in [1.54, 1.807) is 0 Å². The van der Waals surface area contributed by atoms with E-state index in [-0.39, 0.29) is 6.67 Å². The SMILES string of the molecule is C=CCCCSCCCF. The minimum absolute atomic E-state index is 0.172. The minimum atomic E-state index is -0.172. The van der Waals surface area contributed by atoms with E-state index in [2.05, 4.69) is 6.58 Å². The van der Waals surface area contributed by atoms with E-state index >= 15 is 0 Å². The summed E-state index contributed by atoms with van der Waals surface area (Å²) in [5.41, 5.74) is 0. The maximum atomic E-state index is 11.5. The number of hydrogen-bond donors (Lipinski definition) is 0. The quantitative estimate of drug-likeness (QED) is 0.409. The molecule has 0 rings (SSSR count). The van der Waals surface area contributed by atoms with Crippen LogP contribution in [-0.4, -0.2) is 18.2 Å². The Hall–Kier alpha value is 0.0200. The van der Waals surface area contributed by atoms with E-state index in [0.717, 1.165) is 17.9 Å². The number of allylic oxidation sites excluding steroid dienone is 1. The van der Waals surface area contributed by atoms with Crippen molar-refractivity contribution in [3.63, 3.8) is 0 Å². The van der Waals surface area contributed by atoms with Crippen LogP contribution in [0.5, 0.6) is 0 Å². The van der Waals surface area contributed by atoms with Crippen LogP contribution in [0.3, 0.4) is 0 Å². The van der Waals surface area contributed by atoms with Gasteiger partial charge in [-0.05, 0) is 30.8 Å². The van der Waals surface area contributed by atoms with E-state index < -0.39 is 0 Å². The predicted octanol–water partition coefficient (Wildman–Crippen LogP) is 3.05. The molecule has 0 aliphatic carbocycles. The summed E-state index contributed by atoms with van der Waals surface area (Å²) < 4.78 is 11.5. The second kappa shape index (κ2) is 9.02. The molecule has 0 saturated carbocycles. The van der Waals surface area contributed by atoms with Gasteiger partial charge in [0.05, 0.1) is 6.67 Å². The molecular formula is C8H15FS. The summed E-state index contributed by atoms with van der Waals surface area (Å²) in [4.78, 5) is 0. The van der Waals surface area contributed by atoms with Crippen LogP contribution in [0, 0.1) is 0 Å². The summed E-state index contributed by atoms with van der Waals surface area (Å²) in [5, 5.41) is 0. The Morgan fingerprint density at radius 1 is 1.30 bits per heavy atom. The van der Waals surface area contributed by atoms with Gasteiger partial charge in [-0.2, -0.15) is 11.8 Å². The molecule has 0 aromatic carbocycles. The van der Waals surface area contributed by atoms with Crippen molar-refractivity contribution in [1.29, 1.82) is 0 Å². The van der Waals surface area contributed by atoms with Crippen LogP contribution in [0.4, 0.5) is 4.39 Å². The average molecular weight is 162 g/mol. The number of alkyl halides is 1. The molecule has 0 aliphatic rings. The molecule has 0 radical (unpaired) electrons. The van der Waals surface area contributed by atoms with Crippen molar-refractivity contribution < 1.29 is 4.39 Å². The molecule has 0 atom stereocenters. The number of unbranched alkanes of at least 4 members (excludes halogenated alkanes) is 1. The summed E-state index contributed by atoms with van der Waals surface area (Å²) in [6.07, 6.45) is 4.90. The molecule has 0 bridgehead atoms. The van der Waals surface area contributed by atoms with Gasteiger partial charge in [0.15, 0.2) is 0 Å². The van der Waals surface area contributed by atoms with Crippen molar-refractivity contribution in [3.8, 4) is 0 Å². The molecule has 0 amide bonds. The van der Waals surface area contributed by atoms with Gasteiger partial charge in [-0.1, -0.05) is 6.08 Å². The first kappa shape index (κ1) is 10.0. The van der Waals surface area contributed by atoms with Gasteiger partial charge in [-0.3, -0.25) is 4.39 Å². The summed E-state index contributed by atoms with van der Waals surface area (Å²) in [5.74, 6) is 2.11. The van der Waals surface area contributed by atoms with Gasteiger partial charge in [0.25, 0.3) is 0 Å². The van der Waals surface area contributed by atoms with E-state index in [0.29, 0.717) is 6.42 Å². The second-order valence-electron chi connectivity index (χ2n) is 2.09. The molecule has 60 valence electrons. The lowest BCUT2D eigenvalue weighted by Gasteiger charge is -1.96. The lowest BCUT2D eigenvalue weighted by atomic mass is 10.3. The molecule has 0 heterocycles. The van der Waals surface area contributed by atoms with Crippen molar-refractivity contribution in [2.45, 2.75) is 19.3 Å². The fourth-order valence-corrected chi connectivity index (χ4v) is 1.48. The lowest BCUT2D eigenvalue weighted by molar-refractivity contribution is 0.489. The first-order valence-electron chi connectivity index (χ1n) is 3.66. The van der Waals surface area contributed by atoms with Gasteiger partial charge >= 0.3 is 0 Å². The Kier molecular flexibility index (Phi) is 9.04. The Morgan fingerprint density at radius 2 is 2.00 bits per heavy atom. The van der Waals surface area contributed by atoms with Crippen LogP contribution in [-0.2, 0) is 0 Å². The Labute approximate surface area is 66.9 Å². The van der Waals surface area contributed by atoms with E-state index in [1.807, 2.05) is 17.8 Å². The predicted molar refractivity (Wildman–Crippen MR) is 47.3 cm³/mol. The molecule has 0 nitrogen and oxygen atoms in total. The second-order valence-corrected chi connectivity index (χ2v) is 3.31. The van der Waals surface area contributed by atoms with Crippen LogP contribution >= 0.6 is 11.8 Å². The Balaban J connectivity index is 2.70. The number of thioether (sulfide) groups is 1. The summed E-state index contributed by atoms with van der Waals surface area (Å²) in [7, 11) is 0. The molecule has 0 N–H and O–H groups in total. The van der Waals surface area contributed by atoms with Gasteiger partial charge in [-0.25, -0.2) is 0 Å². The molecule has 0 unspecified atom stereocenters. The largest absolute Gasteiger partial charge is 0.251 e. The molecule has 0 aromatic heterocycles. The van der Waals surface area contributed by atoms with Crippen LogP contribution < -0.4 is 0 Å². The fraction of sp³-hybridized carbons (Fsp3) is 0.750. The summed E-state index contributed by atoms with van der Waals surface area (Å²) in [6.45, 7) is 3.45. The summed E-state index contributed by atoms with van der Waals surface area (Å²) in [6, 6.07) is 0. The van der Waals surface area contributed by atoms with E-state index in [9.17, 15) is 4.39 Å². The first-order valence-corrected chi connectivity index (χ1v) is 4.82. The Bertz CT molecular complexity index is 73.7. The molecule has 0 aromatic rings. The van der Waals surface area contributed by atoms with E-state index in [4.69, 9.17) is 0 Å². The van der Waals surface area contributed by atoms with Crippen molar-refractivity contribution in [2.75, 3.05) is 18.2 Å². The first-order chi connectivity index (χ1) is 4.91. The molecule has 10 heavy (non-hydrogen) atoms. The van der Waals surface area contributed by atoms with Crippen LogP contribution in [0.25, 0.3) is 0 Å². The summed E-state index contributed by atoms with van der Waals surface area (Å²) >= 11 is 1.83. The van der Waals surface area contributed by atoms with Gasteiger partial charge < -0.3 is 0 Å². The van der Waals surface area contributed by atoms with Crippen molar-refractivity contribution >= 4 is 11.8 Å². The number of halogens is 1. The molecule has 0 fully saturated rings. The zero-order valence-corrected chi connectivity index (χ0v) is 7.13. The van der Waals surface area contributed by atoms with Gasteiger partial charge in [0.2, 0.25) is 0 Å². The highest BCUT2D eigenvalue weighted by Gasteiger charge is 1.87. The maximum Gasteiger partial charge on any atom is 0.0902 e. The molecule has 0 aliphatic heterocycles. The van der Waals surface area contributed by atoms with Crippen LogP contribution in [0.2, 0.25) is 0 Å². The number of hydrogen-bond acceptors (Lipinski definition) is 1. The topological polar surface area (TPSA) is 0 Å². The molecule has 0 saturated heterocycles. The Morgan fingerprint density at radius 3 is 2.60 bits per heavy atom. The lowest BCUT2D eigenvalue weighted by Crippen LogP contribution is -1.84. The van der Waals surface area contributed by atoms with Crippen molar-refractivity contribution in [1.82, 2.24) is 0 Å². The van der Waals surface area contributed by atoms with Gasteiger partial charge in [-0.15, -0.1) is 6.58 Å². The third kappa shape index (κ3) is 8.02. The fourth-order valence-electron chi connectivity index (χ4n) is 0.588. The van der Waals surface area contributed by atoms with Gasteiger partial charge in [0, 0.05) is 0 Å². The zero-order valence-electron chi connectivity index (χ0n) is 6.31. The average Bonchev–Trinajstić information content (AvgIpc) is 1.97. The van der Waals surface area contributed by atoms with Crippen molar-refractivity contribution in [3.05, 3.63) is 12.7 Å². The number of rotatable bonds is 7. The highest BCUT2D eigenvalue weighted by Crippen LogP contribution is 2.06. The zero-order chi connectivity index (χ0) is 7.66. The molecule has 2 heteroatoms. The highest BCUT2D eigenvalue weighted by molar-refractivity contribution is 7.99. The monoisotopic (exact) mass is 162 g/mol. The maximum absolute atomic E-state index is 11.5. The van der Waals surface area contributed by atoms with Crippen LogP contribution in [0.15, 0.2) is 12.7 Å². The third-order valence-electron chi connectivity index (χ3n) is 1.12. The molecule has 0 spiro atoms. The standard InChI is InChI=1S/C8H15FS/c1-2-3-4-7-10-8-5-6-9/h2H,1,3-8H2. The van der Waals surface area contributed by atoms with Crippen molar-refractivity contribution in [2.24, 2.45) is 0 Å². The highest BCUT2D eigenvalue weighted by atomic mass is 32.2. The molecular weight excluding hydrogens is 147 g/mol. The van der Waals surface area contributed by atoms with E-state index in [1.165, 1.54) is 6.42 Å². The van der Waals surface area contributed by atoms with Gasteiger partial charge in [0.1, 0.15) is 0 Å². The normalized spacial score (nSPS) is 9.70.